The number of aliphatic carboxylic acids is 1. The van der Waals surface area contributed by atoms with Gasteiger partial charge in [0.2, 0.25) is 0 Å². The minimum absolute atomic E-state index is 0.171. The Morgan fingerprint density at radius 3 is 2.92 bits per heavy atom. The first-order valence-corrected chi connectivity index (χ1v) is 8.74. The van der Waals surface area contributed by atoms with Crippen molar-refractivity contribution in [2.24, 2.45) is 11.3 Å². The lowest BCUT2D eigenvalue weighted by atomic mass is 9.76. The van der Waals surface area contributed by atoms with Crippen LogP contribution >= 0.6 is 0 Å². The van der Waals surface area contributed by atoms with E-state index in [0.29, 0.717) is 19.8 Å². The second-order valence-corrected chi connectivity index (χ2v) is 7.17. The van der Waals surface area contributed by atoms with Gasteiger partial charge in [0.15, 0.2) is 0 Å². The molecule has 1 N–H and O–H groups in total. The molecule has 0 amide bonds. The molecule has 0 aliphatic carbocycles. The number of benzene rings is 1. The number of hydrogen-bond acceptors (Lipinski definition) is 4. The second kappa shape index (κ2) is 6.61. The molecule has 6 heteroatoms. The number of aromatic nitrogens is 2. The van der Waals surface area contributed by atoms with E-state index in [0.717, 1.165) is 31.7 Å². The van der Waals surface area contributed by atoms with Crippen molar-refractivity contribution in [1.29, 1.82) is 0 Å². The summed E-state index contributed by atoms with van der Waals surface area (Å²) in [7, 11) is 0. The number of rotatable bonds is 5. The number of carbonyl (C=O) groups is 1. The molecule has 1 aromatic carbocycles. The highest BCUT2D eigenvalue weighted by Crippen LogP contribution is 2.42. The number of ether oxygens (including phenoxy) is 1. The smallest absolute Gasteiger partial charge is 0.313 e. The molecule has 0 spiro atoms. The quantitative estimate of drug-likeness (QED) is 0.899. The third-order valence-electron chi connectivity index (χ3n) is 5.54. The highest BCUT2D eigenvalue weighted by atomic mass is 16.5. The molecule has 2 saturated heterocycles. The molecular weight excluding hydrogens is 318 g/mol. The Hall–Kier alpha value is -2.18. The minimum atomic E-state index is -0.747. The zero-order valence-corrected chi connectivity index (χ0v) is 14.2. The zero-order valence-electron chi connectivity index (χ0n) is 14.2. The van der Waals surface area contributed by atoms with Gasteiger partial charge in [0.05, 0.1) is 18.6 Å². The van der Waals surface area contributed by atoms with Crippen molar-refractivity contribution >= 4 is 5.97 Å². The number of carboxylic acids is 1. The van der Waals surface area contributed by atoms with E-state index >= 15 is 0 Å². The first kappa shape index (κ1) is 16.3. The summed E-state index contributed by atoms with van der Waals surface area (Å²) in [6.45, 7) is 3.85. The summed E-state index contributed by atoms with van der Waals surface area (Å²) in [5.74, 6) is -0.554. The Labute approximate surface area is 147 Å². The maximum Gasteiger partial charge on any atom is 0.313 e. The SMILES string of the molecule is O=C(O)[C@]12COCC[C@H]1CN(Cc1cncn1Cc1ccccc1)C2. The summed E-state index contributed by atoms with van der Waals surface area (Å²) < 4.78 is 7.65. The molecule has 2 fully saturated rings. The lowest BCUT2D eigenvalue weighted by Gasteiger charge is -2.34. The van der Waals surface area contributed by atoms with Crippen LogP contribution < -0.4 is 0 Å². The van der Waals surface area contributed by atoms with Gasteiger partial charge in [-0.3, -0.25) is 9.69 Å². The maximum atomic E-state index is 11.9. The van der Waals surface area contributed by atoms with Crippen LogP contribution in [0, 0.1) is 11.3 Å². The van der Waals surface area contributed by atoms with Crippen LogP contribution in [0.1, 0.15) is 17.7 Å². The van der Waals surface area contributed by atoms with Crippen LogP contribution in [-0.4, -0.2) is 51.8 Å². The molecule has 1 aromatic heterocycles. The molecule has 0 saturated carbocycles. The lowest BCUT2D eigenvalue weighted by molar-refractivity contribution is -0.159. The molecule has 0 unspecified atom stereocenters. The summed E-state index contributed by atoms with van der Waals surface area (Å²) in [5, 5.41) is 9.77. The van der Waals surface area contributed by atoms with Gasteiger partial charge >= 0.3 is 5.97 Å². The molecule has 3 heterocycles. The average molecular weight is 341 g/mol. The lowest BCUT2D eigenvalue weighted by Crippen LogP contribution is -2.46. The maximum absolute atomic E-state index is 11.9. The fourth-order valence-electron chi connectivity index (χ4n) is 4.15. The third kappa shape index (κ3) is 3.07. The Kier molecular flexibility index (Phi) is 4.31. The fourth-order valence-corrected chi connectivity index (χ4v) is 4.15. The number of likely N-dealkylation sites (tertiary alicyclic amines) is 1. The van der Waals surface area contributed by atoms with E-state index < -0.39 is 11.4 Å². The Morgan fingerprint density at radius 1 is 1.32 bits per heavy atom. The van der Waals surface area contributed by atoms with E-state index in [-0.39, 0.29) is 5.92 Å². The van der Waals surface area contributed by atoms with Gasteiger partial charge in [-0.1, -0.05) is 30.3 Å². The summed E-state index contributed by atoms with van der Waals surface area (Å²) in [6.07, 6.45) is 4.56. The van der Waals surface area contributed by atoms with Crippen molar-refractivity contribution in [3.63, 3.8) is 0 Å². The van der Waals surface area contributed by atoms with Crippen LogP contribution in [-0.2, 0) is 22.6 Å². The molecule has 25 heavy (non-hydrogen) atoms. The average Bonchev–Trinajstić information content (AvgIpc) is 3.21. The number of hydrogen-bond donors (Lipinski definition) is 1. The Balaban J connectivity index is 1.49. The van der Waals surface area contributed by atoms with Gasteiger partial charge in [-0.2, -0.15) is 0 Å². The second-order valence-electron chi connectivity index (χ2n) is 7.17. The minimum Gasteiger partial charge on any atom is -0.481 e. The molecular formula is C19H23N3O3. The van der Waals surface area contributed by atoms with E-state index in [1.165, 1.54) is 5.56 Å². The van der Waals surface area contributed by atoms with Crippen molar-refractivity contribution in [1.82, 2.24) is 14.5 Å². The largest absolute Gasteiger partial charge is 0.481 e. The van der Waals surface area contributed by atoms with E-state index in [2.05, 4.69) is 26.6 Å². The summed E-state index contributed by atoms with van der Waals surface area (Å²) in [6, 6.07) is 10.3. The van der Waals surface area contributed by atoms with E-state index in [1.54, 1.807) is 0 Å². The van der Waals surface area contributed by atoms with Crippen LogP contribution in [0.25, 0.3) is 0 Å². The van der Waals surface area contributed by atoms with Crippen LogP contribution in [0.5, 0.6) is 0 Å². The number of fused-ring (bicyclic) bond motifs is 1. The van der Waals surface area contributed by atoms with Gasteiger partial charge in [0, 0.05) is 39.0 Å². The van der Waals surface area contributed by atoms with Gasteiger partial charge in [0.1, 0.15) is 5.41 Å². The van der Waals surface area contributed by atoms with Crippen molar-refractivity contribution in [2.45, 2.75) is 19.5 Å². The van der Waals surface area contributed by atoms with Crippen molar-refractivity contribution in [2.75, 3.05) is 26.3 Å². The molecule has 132 valence electrons. The van der Waals surface area contributed by atoms with Crippen molar-refractivity contribution in [3.05, 3.63) is 54.1 Å². The number of nitrogens with zero attached hydrogens (tertiary/aromatic N) is 3. The first-order valence-electron chi connectivity index (χ1n) is 8.74. The van der Waals surface area contributed by atoms with Gasteiger partial charge in [-0.25, -0.2) is 4.98 Å². The molecule has 2 atom stereocenters. The Morgan fingerprint density at radius 2 is 2.16 bits per heavy atom. The van der Waals surface area contributed by atoms with E-state index in [1.807, 2.05) is 30.7 Å². The Bertz CT molecular complexity index is 745. The van der Waals surface area contributed by atoms with Crippen molar-refractivity contribution < 1.29 is 14.6 Å². The molecule has 2 aliphatic heterocycles. The van der Waals surface area contributed by atoms with Crippen LogP contribution in [0.3, 0.4) is 0 Å². The third-order valence-corrected chi connectivity index (χ3v) is 5.54. The summed E-state index contributed by atoms with van der Waals surface area (Å²) >= 11 is 0. The van der Waals surface area contributed by atoms with Crippen LogP contribution in [0.15, 0.2) is 42.9 Å². The number of imidazole rings is 1. The van der Waals surface area contributed by atoms with Crippen LogP contribution in [0.2, 0.25) is 0 Å². The van der Waals surface area contributed by atoms with Crippen LogP contribution in [0.4, 0.5) is 0 Å². The predicted molar refractivity (Wildman–Crippen MR) is 92.0 cm³/mol. The summed E-state index contributed by atoms with van der Waals surface area (Å²) in [4.78, 5) is 18.4. The monoisotopic (exact) mass is 341 g/mol. The fraction of sp³-hybridized carbons (Fsp3) is 0.474. The molecule has 0 bridgehead atoms. The van der Waals surface area contributed by atoms with Gasteiger partial charge in [-0.05, 0) is 17.9 Å². The van der Waals surface area contributed by atoms with E-state index in [9.17, 15) is 9.90 Å². The van der Waals surface area contributed by atoms with Gasteiger partial charge in [-0.15, -0.1) is 0 Å². The van der Waals surface area contributed by atoms with Gasteiger partial charge in [0.25, 0.3) is 0 Å². The molecule has 0 radical (unpaired) electrons. The predicted octanol–water partition coefficient (Wildman–Crippen LogP) is 1.85. The molecule has 4 rings (SSSR count). The highest BCUT2D eigenvalue weighted by Gasteiger charge is 2.54. The molecule has 2 aromatic rings. The topological polar surface area (TPSA) is 67.6 Å². The standard InChI is InChI=1S/C19H23N3O3/c23-18(24)19-12-21(10-16(19)6-7-25-13-19)11-17-8-20-14-22(17)9-15-4-2-1-3-5-15/h1-5,8,14,16H,6-7,9-13H2,(H,23,24)/t16-,19+/m0/s1. The highest BCUT2D eigenvalue weighted by molar-refractivity contribution is 5.76. The summed E-state index contributed by atoms with van der Waals surface area (Å²) in [5.41, 5.74) is 1.60. The first-order chi connectivity index (χ1) is 12.2. The normalized spacial score (nSPS) is 26.5. The zero-order chi connectivity index (χ0) is 17.3. The van der Waals surface area contributed by atoms with Gasteiger partial charge < -0.3 is 14.4 Å². The molecule has 6 nitrogen and oxygen atoms in total. The molecule has 2 aliphatic rings. The van der Waals surface area contributed by atoms with E-state index in [4.69, 9.17) is 4.74 Å². The number of carboxylic acid groups (broad SMARTS) is 1. The van der Waals surface area contributed by atoms with Crippen molar-refractivity contribution in [3.8, 4) is 0 Å².